The molecule has 2 atom stereocenters. The molecule has 0 spiro atoms. The molecule has 21 heavy (non-hydrogen) atoms. The van der Waals surface area contributed by atoms with Gasteiger partial charge in [0.05, 0.1) is 0 Å². The number of rotatable bonds is 3. The van der Waals surface area contributed by atoms with E-state index >= 15 is 0 Å². The third-order valence-corrected chi connectivity index (χ3v) is 3.88. The van der Waals surface area contributed by atoms with Crippen LogP contribution in [0.5, 0.6) is 0 Å². The minimum atomic E-state index is -0.205. The summed E-state index contributed by atoms with van der Waals surface area (Å²) in [5.41, 5.74) is 1.15. The number of benzene rings is 1. The van der Waals surface area contributed by atoms with Gasteiger partial charge in [-0.3, -0.25) is 4.79 Å². The van der Waals surface area contributed by atoms with Gasteiger partial charge in [0, 0.05) is 24.3 Å². The molecule has 0 saturated heterocycles. The molecule has 0 heterocycles. The molecule has 5 heteroatoms. The topological polar surface area (TPSA) is 70.2 Å². The number of carbonyl (C=O) groups excluding carboxylic acids is 2. The van der Waals surface area contributed by atoms with Gasteiger partial charge in [-0.25, -0.2) is 4.79 Å². The average Bonchev–Trinajstić information content (AvgIpc) is 2.46. The van der Waals surface area contributed by atoms with Crippen LogP contribution in [0.1, 0.15) is 43.0 Å². The summed E-state index contributed by atoms with van der Waals surface area (Å²) in [5.74, 6) is 0.501. The lowest BCUT2D eigenvalue weighted by atomic mass is 9.87. The van der Waals surface area contributed by atoms with Crippen molar-refractivity contribution in [3.63, 3.8) is 0 Å². The molecule has 0 aromatic heterocycles. The Morgan fingerprint density at radius 3 is 2.76 bits per heavy atom. The Morgan fingerprint density at radius 1 is 1.24 bits per heavy atom. The van der Waals surface area contributed by atoms with Crippen molar-refractivity contribution in [1.29, 1.82) is 0 Å². The van der Waals surface area contributed by atoms with Crippen LogP contribution in [0, 0.1) is 5.92 Å². The zero-order valence-corrected chi connectivity index (χ0v) is 12.6. The van der Waals surface area contributed by atoms with Crippen LogP contribution in [-0.4, -0.2) is 25.0 Å². The minimum absolute atomic E-state index is 0.167. The van der Waals surface area contributed by atoms with Crippen molar-refractivity contribution < 1.29 is 9.59 Å². The Balaban J connectivity index is 1.91. The van der Waals surface area contributed by atoms with E-state index in [4.69, 9.17) is 0 Å². The molecule has 0 aliphatic heterocycles. The molecule has 0 bridgehead atoms. The number of anilines is 1. The zero-order valence-electron chi connectivity index (χ0n) is 12.6. The van der Waals surface area contributed by atoms with Crippen LogP contribution in [0.15, 0.2) is 24.3 Å². The van der Waals surface area contributed by atoms with Crippen molar-refractivity contribution in [2.75, 3.05) is 12.4 Å². The molecule has 1 aliphatic carbocycles. The molecule has 5 nitrogen and oxygen atoms in total. The summed E-state index contributed by atoms with van der Waals surface area (Å²) in [6.07, 6.45) is 4.48. The van der Waals surface area contributed by atoms with Gasteiger partial charge in [-0.2, -0.15) is 0 Å². The van der Waals surface area contributed by atoms with Crippen LogP contribution in [0.25, 0.3) is 0 Å². The predicted octanol–water partition coefficient (Wildman–Crippen LogP) is 2.75. The molecule has 0 unspecified atom stereocenters. The number of amides is 3. The van der Waals surface area contributed by atoms with Gasteiger partial charge in [0.15, 0.2) is 0 Å². The maximum absolute atomic E-state index is 12.0. The fraction of sp³-hybridized carbons (Fsp3) is 0.500. The van der Waals surface area contributed by atoms with Crippen LogP contribution in [0.3, 0.4) is 0 Å². The van der Waals surface area contributed by atoms with E-state index < -0.39 is 0 Å². The van der Waals surface area contributed by atoms with Gasteiger partial charge in [0.1, 0.15) is 0 Å². The highest BCUT2D eigenvalue weighted by atomic mass is 16.2. The molecular weight excluding hydrogens is 266 g/mol. The maximum atomic E-state index is 12.0. The fourth-order valence-electron chi connectivity index (χ4n) is 2.80. The fourth-order valence-corrected chi connectivity index (χ4v) is 2.80. The summed E-state index contributed by atoms with van der Waals surface area (Å²) in [6.45, 7) is 2.22. The third kappa shape index (κ3) is 4.48. The second-order valence-corrected chi connectivity index (χ2v) is 5.73. The van der Waals surface area contributed by atoms with Crippen molar-refractivity contribution in [1.82, 2.24) is 10.6 Å². The van der Waals surface area contributed by atoms with E-state index in [9.17, 15) is 9.59 Å². The zero-order chi connectivity index (χ0) is 15.2. The first kappa shape index (κ1) is 15.4. The quantitative estimate of drug-likeness (QED) is 0.800. The second-order valence-electron chi connectivity index (χ2n) is 5.73. The molecule has 1 aromatic carbocycles. The van der Waals surface area contributed by atoms with Crippen molar-refractivity contribution >= 4 is 17.6 Å². The molecule has 0 radical (unpaired) electrons. The van der Waals surface area contributed by atoms with Gasteiger partial charge in [0.25, 0.3) is 5.91 Å². The number of hydrogen-bond acceptors (Lipinski definition) is 2. The van der Waals surface area contributed by atoms with Crippen LogP contribution in [0.2, 0.25) is 0 Å². The Kier molecular flexibility index (Phi) is 5.20. The highest BCUT2D eigenvalue weighted by molar-refractivity contribution is 5.96. The van der Waals surface area contributed by atoms with E-state index in [2.05, 4.69) is 22.9 Å². The van der Waals surface area contributed by atoms with E-state index in [0.29, 0.717) is 17.2 Å². The molecule has 2 rings (SSSR count). The van der Waals surface area contributed by atoms with Gasteiger partial charge >= 0.3 is 6.03 Å². The molecule has 1 aliphatic rings. The molecule has 3 N–H and O–H groups in total. The van der Waals surface area contributed by atoms with Crippen molar-refractivity contribution in [3.8, 4) is 0 Å². The first-order valence-corrected chi connectivity index (χ1v) is 7.48. The SMILES string of the molecule is CNC(=O)c1cccc(NC(=O)N[C@@H]2CCC[C@@H](C)C2)c1. The van der Waals surface area contributed by atoms with E-state index in [1.807, 2.05) is 0 Å². The van der Waals surface area contributed by atoms with Gasteiger partial charge in [-0.15, -0.1) is 0 Å². The van der Waals surface area contributed by atoms with Crippen molar-refractivity contribution in [2.45, 2.75) is 38.6 Å². The van der Waals surface area contributed by atoms with Gasteiger partial charge < -0.3 is 16.0 Å². The Labute approximate surface area is 125 Å². The number of nitrogens with one attached hydrogen (secondary N) is 3. The molecule has 1 saturated carbocycles. The smallest absolute Gasteiger partial charge is 0.319 e. The van der Waals surface area contributed by atoms with Gasteiger partial charge in [-0.05, 0) is 37.0 Å². The number of urea groups is 1. The molecular formula is C16H23N3O2. The lowest BCUT2D eigenvalue weighted by Gasteiger charge is -2.27. The van der Waals surface area contributed by atoms with E-state index in [1.165, 1.54) is 6.42 Å². The molecule has 114 valence electrons. The Hall–Kier alpha value is -2.04. The monoisotopic (exact) mass is 289 g/mol. The second kappa shape index (κ2) is 7.11. The van der Waals surface area contributed by atoms with Gasteiger partial charge in [-0.1, -0.05) is 25.8 Å². The van der Waals surface area contributed by atoms with Crippen LogP contribution >= 0.6 is 0 Å². The summed E-state index contributed by atoms with van der Waals surface area (Å²) >= 11 is 0. The lowest BCUT2D eigenvalue weighted by Crippen LogP contribution is -2.40. The Bertz CT molecular complexity index is 516. The predicted molar refractivity (Wildman–Crippen MR) is 83.4 cm³/mol. The molecule has 3 amide bonds. The summed E-state index contributed by atoms with van der Waals surface area (Å²) in [7, 11) is 1.58. The average molecular weight is 289 g/mol. The van der Waals surface area contributed by atoms with Crippen molar-refractivity contribution in [2.24, 2.45) is 5.92 Å². The van der Waals surface area contributed by atoms with E-state index in [0.717, 1.165) is 19.3 Å². The normalized spacial score (nSPS) is 21.4. The summed E-state index contributed by atoms with van der Waals surface area (Å²) in [6, 6.07) is 6.95. The summed E-state index contributed by atoms with van der Waals surface area (Å²) in [4.78, 5) is 23.6. The molecule has 1 fully saturated rings. The summed E-state index contributed by atoms with van der Waals surface area (Å²) < 4.78 is 0. The summed E-state index contributed by atoms with van der Waals surface area (Å²) in [5, 5.41) is 8.37. The first-order chi connectivity index (χ1) is 10.1. The molecule has 1 aromatic rings. The first-order valence-electron chi connectivity index (χ1n) is 7.48. The van der Waals surface area contributed by atoms with E-state index in [1.54, 1.807) is 31.3 Å². The maximum Gasteiger partial charge on any atom is 0.319 e. The number of hydrogen-bond donors (Lipinski definition) is 3. The van der Waals surface area contributed by atoms with Crippen molar-refractivity contribution in [3.05, 3.63) is 29.8 Å². The van der Waals surface area contributed by atoms with Crippen LogP contribution in [0.4, 0.5) is 10.5 Å². The largest absolute Gasteiger partial charge is 0.355 e. The van der Waals surface area contributed by atoms with Crippen LogP contribution in [-0.2, 0) is 0 Å². The standard InChI is InChI=1S/C16H23N3O2/c1-11-5-3-7-13(9-11)18-16(21)19-14-8-4-6-12(10-14)15(20)17-2/h4,6,8,10-11,13H,3,5,7,9H2,1-2H3,(H,17,20)(H2,18,19,21)/t11-,13-/m1/s1. The third-order valence-electron chi connectivity index (χ3n) is 3.88. The Morgan fingerprint density at radius 2 is 2.05 bits per heavy atom. The lowest BCUT2D eigenvalue weighted by molar-refractivity contribution is 0.0963. The van der Waals surface area contributed by atoms with Gasteiger partial charge in [0.2, 0.25) is 0 Å². The van der Waals surface area contributed by atoms with Crippen LogP contribution < -0.4 is 16.0 Å². The highest BCUT2D eigenvalue weighted by Crippen LogP contribution is 2.23. The number of carbonyl (C=O) groups is 2. The van der Waals surface area contributed by atoms with E-state index in [-0.39, 0.29) is 18.0 Å². The highest BCUT2D eigenvalue weighted by Gasteiger charge is 2.20. The minimum Gasteiger partial charge on any atom is -0.355 e.